The molecule has 2 amide bonds. The van der Waals surface area contributed by atoms with Gasteiger partial charge in [0.25, 0.3) is 5.91 Å². The van der Waals surface area contributed by atoms with Crippen LogP contribution in [0.5, 0.6) is 0 Å². The fourth-order valence-electron chi connectivity index (χ4n) is 2.40. The maximum absolute atomic E-state index is 12.3. The molecule has 0 aliphatic heterocycles. The molecule has 142 valence electrons. The second-order valence-electron chi connectivity index (χ2n) is 6.15. The standard InChI is InChI=1S/C21H24ClN3O2/c1-3-4-5-9-20(26)25-24-15(2)17-7-6-8-19(14-17)23-21(27)16-10-12-18(22)13-11-16/h6-8,10-14,24H,2-5,9H2,1H3,(H,23,27)(H,25,26). The number of hydrogen-bond acceptors (Lipinski definition) is 3. The molecule has 0 radical (unpaired) electrons. The van der Waals surface area contributed by atoms with Gasteiger partial charge in [0.15, 0.2) is 0 Å². The van der Waals surface area contributed by atoms with Crippen LogP contribution in [-0.2, 0) is 4.79 Å². The van der Waals surface area contributed by atoms with Crippen molar-refractivity contribution in [1.82, 2.24) is 10.9 Å². The Hall–Kier alpha value is -2.79. The molecular weight excluding hydrogens is 362 g/mol. The summed E-state index contributed by atoms with van der Waals surface area (Å²) in [6.07, 6.45) is 3.44. The van der Waals surface area contributed by atoms with Crippen molar-refractivity contribution >= 4 is 34.8 Å². The summed E-state index contributed by atoms with van der Waals surface area (Å²) >= 11 is 5.84. The second kappa shape index (κ2) is 10.4. The smallest absolute Gasteiger partial charge is 0.255 e. The zero-order valence-electron chi connectivity index (χ0n) is 15.3. The molecule has 3 N–H and O–H groups in total. The number of carbonyl (C=O) groups excluding carboxylic acids is 2. The average molecular weight is 386 g/mol. The molecule has 0 saturated heterocycles. The summed E-state index contributed by atoms with van der Waals surface area (Å²) in [5.41, 5.74) is 7.91. The van der Waals surface area contributed by atoms with Crippen molar-refractivity contribution < 1.29 is 9.59 Å². The molecule has 0 aliphatic rings. The van der Waals surface area contributed by atoms with Crippen LogP contribution in [0.2, 0.25) is 5.02 Å². The van der Waals surface area contributed by atoms with Gasteiger partial charge in [-0.15, -0.1) is 0 Å². The first-order valence-electron chi connectivity index (χ1n) is 8.90. The lowest BCUT2D eigenvalue weighted by atomic mass is 10.1. The van der Waals surface area contributed by atoms with Gasteiger partial charge in [0, 0.05) is 28.3 Å². The van der Waals surface area contributed by atoms with Gasteiger partial charge in [-0.2, -0.15) is 0 Å². The zero-order chi connectivity index (χ0) is 19.6. The van der Waals surface area contributed by atoms with E-state index in [9.17, 15) is 9.59 Å². The van der Waals surface area contributed by atoms with E-state index in [4.69, 9.17) is 11.6 Å². The average Bonchev–Trinajstić information content (AvgIpc) is 2.67. The molecule has 27 heavy (non-hydrogen) atoms. The molecule has 0 spiro atoms. The highest BCUT2D eigenvalue weighted by molar-refractivity contribution is 6.30. The molecule has 5 nitrogen and oxygen atoms in total. The first kappa shape index (κ1) is 20.5. The van der Waals surface area contributed by atoms with E-state index in [0.717, 1.165) is 24.8 Å². The van der Waals surface area contributed by atoms with E-state index in [2.05, 4.69) is 29.7 Å². The van der Waals surface area contributed by atoms with Gasteiger partial charge in [-0.1, -0.05) is 50.1 Å². The van der Waals surface area contributed by atoms with Gasteiger partial charge >= 0.3 is 0 Å². The third-order valence-corrected chi connectivity index (χ3v) is 4.19. The van der Waals surface area contributed by atoms with Crippen LogP contribution < -0.4 is 16.2 Å². The number of halogens is 1. The van der Waals surface area contributed by atoms with Crippen LogP contribution in [0.25, 0.3) is 5.70 Å². The molecule has 0 fully saturated rings. The Morgan fingerprint density at radius 1 is 1.00 bits per heavy atom. The monoisotopic (exact) mass is 385 g/mol. The van der Waals surface area contributed by atoms with Gasteiger partial charge in [0.05, 0.1) is 5.70 Å². The van der Waals surface area contributed by atoms with Crippen molar-refractivity contribution in [3.05, 3.63) is 71.3 Å². The molecule has 0 aromatic heterocycles. The summed E-state index contributed by atoms with van der Waals surface area (Å²) < 4.78 is 0. The minimum atomic E-state index is -0.230. The normalized spacial score (nSPS) is 10.1. The van der Waals surface area contributed by atoms with Crippen molar-refractivity contribution in [2.75, 3.05) is 5.32 Å². The summed E-state index contributed by atoms with van der Waals surface area (Å²) in [5, 5.41) is 3.41. The Balaban J connectivity index is 1.92. The van der Waals surface area contributed by atoms with E-state index in [1.165, 1.54) is 0 Å². The number of anilines is 1. The predicted octanol–water partition coefficient (Wildman–Crippen LogP) is 4.76. The van der Waals surface area contributed by atoms with Gasteiger partial charge in [-0.25, -0.2) is 0 Å². The Morgan fingerprint density at radius 3 is 2.44 bits per heavy atom. The van der Waals surface area contributed by atoms with Crippen molar-refractivity contribution in [2.24, 2.45) is 0 Å². The maximum Gasteiger partial charge on any atom is 0.255 e. The number of benzene rings is 2. The number of carbonyl (C=O) groups is 2. The van der Waals surface area contributed by atoms with E-state index in [1.54, 1.807) is 36.4 Å². The molecule has 6 heteroatoms. The van der Waals surface area contributed by atoms with Crippen LogP contribution >= 0.6 is 11.6 Å². The molecule has 0 aliphatic carbocycles. The quantitative estimate of drug-likeness (QED) is 0.430. The van der Waals surface area contributed by atoms with Crippen LogP contribution in [0.15, 0.2) is 55.1 Å². The number of hydrazine groups is 1. The zero-order valence-corrected chi connectivity index (χ0v) is 16.1. The molecule has 2 aromatic rings. The molecular formula is C21H24ClN3O2. The summed E-state index contributed by atoms with van der Waals surface area (Å²) in [6, 6.07) is 13.9. The molecule has 2 rings (SSSR count). The Bertz CT molecular complexity index is 803. The lowest BCUT2D eigenvalue weighted by Crippen LogP contribution is -2.35. The third kappa shape index (κ3) is 6.79. The van der Waals surface area contributed by atoms with E-state index >= 15 is 0 Å². The first-order valence-corrected chi connectivity index (χ1v) is 9.28. The molecule has 0 heterocycles. The van der Waals surface area contributed by atoms with E-state index in [1.807, 2.05) is 12.1 Å². The highest BCUT2D eigenvalue weighted by Crippen LogP contribution is 2.17. The first-order chi connectivity index (χ1) is 13.0. The van der Waals surface area contributed by atoms with Crippen molar-refractivity contribution in [2.45, 2.75) is 32.6 Å². The Kier molecular flexibility index (Phi) is 7.89. The molecule has 0 saturated carbocycles. The molecule has 0 unspecified atom stereocenters. The van der Waals surface area contributed by atoms with Crippen molar-refractivity contribution in [1.29, 1.82) is 0 Å². The van der Waals surface area contributed by atoms with Crippen molar-refractivity contribution in [3.63, 3.8) is 0 Å². The molecule has 0 bridgehead atoms. The lowest BCUT2D eigenvalue weighted by Gasteiger charge is -2.13. The van der Waals surface area contributed by atoms with Gasteiger partial charge in [0.1, 0.15) is 0 Å². The molecule has 2 aromatic carbocycles. The van der Waals surface area contributed by atoms with Crippen LogP contribution in [0.3, 0.4) is 0 Å². The highest BCUT2D eigenvalue weighted by atomic mass is 35.5. The number of hydrogen-bond donors (Lipinski definition) is 3. The topological polar surface area (TPSA) is 70.2 Å². The largest absolute Gasteiger partial charge is 0.322 e. The lowest BCUT2D eigenvalue weighted by molar-refractivity contribution is -0.121. The summed E-state index contributed by atoms with van der Waals surface area (Å²) in [5.74, 6) is -0.302. The van der Waals surface area contributed by atoms with E-state index in [0.29, 0.717) is 28.4 Å². The van der Waals surface area contributed by atoms with Gasteiger partial charge < -0.3 is 5.32 Å². The van der Waals surface area contributed by atoms with Gasteiger partial charge in [-0.05, 0) is 42.8 Å². The Labute approximate surface area is 164 Å². The number of amides is 2. The van der Waals surface area contributed by atoms with Crippen LogP contribution in [0.4, 0.5) is 5.69 Å². The number of rotatable bonds is 9. The minimum Gasteiger partial charge on any atom is -0.322 e. The maximum atomic E-state index is 12.3. The minimum absolute atomic E-state index is 0.0724. The van der Waals surface area contributed by atoms with Crippen LogP contribution in [0, 0.1) is 0 Å². The summed E-state index contributed by atoms with van der Waals surface area (Å²) in [7, 11) is 0. The van der Waals surface area contributed by atoms with E-state index < -0.39 is 0 Å². The van der Waals surface area contributed by atoms with Crippen molar-refractivity contribution in [3.8, 4) is 0 Å². The summed E-state index contributed by atoms with van der Waals surface area (Å²) in [6.45, 7) is 6.02. The summed E-state index contributed by atoms with van der Waals surface area (Å²) in [4.78, 5) is 24.1. The fraction of sp³-hybridized carbons (Fsp3) is 0.238. The van der Waals surface area contributed by atoms with Crippen LogP contribution in [-0.4, -0.2) is 11.8 Å². The van der Waals surface area contributed by atoms with E-state index in [-0.39, 0.29) is 11.8 Å². The molecule has 0 atom stereocenters. The number of nitrogens with one attached hydrogen (secondary N) is 3. The van der Waals surface area contributed by atoms with Crippen LogP contribution in [0.1, 0.15) is 48.5 Å². The third-order valence-electron chi connectivity index (χ3n) is 3.94. The second-order valence-corrected chi connectivity index (χ2v) is 6.59. The van der Waals surface area contributed by atoms with Gasteiger partial charge in [-0.3, -0.25) is 20.4 Å². The highest BCUT2D eigenvalue weighted by Gasteiger charge is 2.08. The van der Waals surface area contributed by atoms with Gasteiger partial charge in [0.2, 0.25) is 5.91 Å². The number of unbranched alkanes of at least 4 members (excludes halogenated alkanes) is 2. The SMILES string of the molecule is C=C(NNC(=O)CCCCC)c1cccc(NC(=O)c2ccc(Cl)cc2)c1. The fourth-order valence-corrected chi connectivity index (χ4v) is 2.53. The Morgan fingerprint density at radius 2 is 1.74 bits per heavy atom. The predicted molar refractivity (Wildman–Crippen MR) is 110 cm³/mol.